The number of aliphatic carboxylic acids is 1. The van der Waals surface area contributed by atoms with E-state index in [4.69, 9.17) is 16.6 Å². The Kier molecular flexibility index (Phi) is 4.72. The minimum Gasteiger partial charge on any atom is -0.480 e. The third-order valence-corrected chi connectivity index (χ3v) is 1.36. The molecule has 0 fully saturated rings. The summed E-state index contributed by atoms with van der Waals surface area (Å²) in [6.07, 6.45) is -0.891. The highest BCUT2D eigenvalue weighted by atomic mass is 19.1. The van der Waals surface area contributed by atoms with Crippen LogP contribution in [0.1, 0.15) is 12.8 Å². The molecule has 11 heavy (non-hydrogen) atoms. The minimum atomic E-state index is -1.14. The van der Waals surface area contributed by atoms with Crippen molar-refractivity contribution in [3.63, 3.8) is 0 Å². The van der Waals surface area contributed by atoms with Crippen LogP contribution in [0.3, 0.4) is 0 Å². The molecular formula is C6H13FN2O2. The van der Waals surface area contributed by atoms with E-state index < -0.39 is 18.2 Å². The van der Waals surface area contributed by atoms with Crippen molar-refractivity contribution in [1.29, 1.82) is 0 Å². The fraction of sp³-hybridized carbons (Fsp3) is 0.833. The molecule has 2 atom stereocenters. The van der Waals surface area contributed by atoms with E-state index in [1.54, 1.807) is 0 Å². The summed E-state index contributed by atoms with van der Waals surface area (Å²) in [5.74, 6) is -1.10. The average molecular weight is 164 g/mol. The SMILES string of the molecule is NC[C@H](F)CC[C@H](N)C(=O)O. The number of hydrogen-bond donors (Lipinski definition) is 3. The van der Waals surface area contributed by atoms with Gasteiger partial charge in [-0.15, -0.1) is 0 Å². The molecule has 0 radical (unpaired) electrons. The van der Waals surface area contributed by atoms with E-state index in [1.165, 1.54) is 0 Å². The molecule has 0 saturated carbocycles. The van der Waals surface area contributed by atoms with Gasteiger partial charge in [0.2, 0.25) is 0 Å². The van der Waals surface area contributed by atoms with Crippen LogP contribution in [0.5, 0.6) is 0 Å². The summed E-state index contributed by atoms with van der Waals surface area (Å²) in [7, 11) is 0. The molecule has 0 amide bonds. The lowest BCUT2D eigenvalue weighted by Crippen LogP contribution is -2.31. The lowest BCUT2D eigenvalue weighted by Gasteiger charge is -2.07. The van der Waals surface area contributed by atoms with Crippen molar-refractivity contribution in [1.82, 2.24) is 0 Å². The maximum atomic E-state index is 12.4. The summed E-state index contributed by atoms with van der Waals surface area (Å²) in [4.78, 5) is 10.1. The molecule has 0 aliphatic rings. The molecule has 5 heteroatoms. The van der Waals surface area contributed by atoms with Gasteiger partial charge in [0.25, 0.3) is 0 Å². The summed E-state index contributed by atoms with van der Waals surface area (Å²) in [6, 6.07) is -0.972. The lowest BCUT2D eigenvalue weighted by atomic mass is 10.1. The highest BCUT2D eigenvalue weighted by molar-refractivity contribution is 5.72. The molecule has 0 rings (SSSR count). The summed E-state index contributed by atoms with van der Waals surface area (Å²) < 4.78 is 12.4. The number of carboxylic acids is 1. The average Bonchev–Trinajstić information content (AvgIpc) is 1.99. The van der Waals surface area contributed by atoms with Gasteiger partial charge >= 0.3 is 5.97 Å². The second-order valence-corrected chi connectivity index (χ2v) is 2.36. The molecule has 66 valence electrons. The molecule has 0 heterocycles. The predicted molar refractivity (Wildman–Crippen MR) is 38.8 cm³/mol. The van der Waals surface area contributed by atoms with Crippen molar-refractivity contribution in [2.75, 3.05) is 6.54 Å². The largest absolute Gasteiger partial charge is 0.480 e. The zero-order valence-electron chi connectivity index (χ0n) is 6.16. The van der Waals surface area contributed by atoms with Crippen molar-refractivity contribution >= 4 is 5.97 Å². The van der Waals surface area contributed by atoms with E-state index in [0.29, 0.717) is 0 Å². The summed E-state index contributed by atoms with van der Waals surface area (Å²) in [5, 5.41) is 8.29. The standard InChI is InChI=1S/C6H13FN2O2/c7-4(3-8)1-2-5(9)6(10)11/h4-5H,1-3,8-9H2,(H,10,11)/t4-,5+/m1/s1. The first kappa shape index (κ1) is 10.3. The quantitative estimate of drug-likeness (QED) is 0.509. The zero-order chi connectivity index (χ0) is 8.85. The summed E-state index contributed by atoms with van der Waals surface area (Å²) in [6.45, 7) is -0.0770. The monoisotopic (exact) mass is 164 g/mol. The maximum absolute atomic E-state index is 12.4. The van der Waals surface area contributed by atoms with Crippen LogP contribution in [0.15, 0.2) is 0 Å². The number of carbonyl (C=O) groups is 1. The molecular weight excluding hydrogens is 151 g/mol. The van der Waals surface area contributed by atoms with Crippen LogP contribution in [0.4, 0.5) is 4.39 Å². The number of carboxylic acid groups (broad SMARTS) is 1. The molecule has 5 N–H and O–H groups in total. The molecule has 0 unspecified atom stereocenters. The number of hydrogen-bond acceptors (Lipinski definition) is 3. The Morgan fingerprint density at radius 1 is 1.55 bits per heavy atom. The first-order valence-electron chi connectivity index (χ1n) is 3.40. The molecule has 0 aliphatic heterocycles. The van der Waals surface area contributed by atoms with Crippen LogP contribution in [0.25, 0.3) is 0 Å². The Labute approximate surface area is 64.4 Å². The molecule has 0 aromatic heterocycles. The van der Waals surface area contributed by atoms with Crippen LogP contribution >= 0.6 is 0 Å². The molecule has 0 saturated heterocycles. The number of nitrogens with two attached hydrogens (primary N) is 2. The Morgan fingerprint density at radius 3 is 2.45 bits per heavy atom. The van der Waals surface area contributed by atoms with Crippen molar-refractivity contribution in [2.24, 2.45) is 11.5 Å². The number of alkyl halides is 1. The number of halogens is 1. The third-order valence-electron chi connectivity index (χ3n) is 1.36. The summed E-state index contributed by atoms with van der Waals surface area (Å²) >= 11 is 0. The van der Waals surface area contributed by atoms with Crippen molar-refractivity contribution in [3.05, 3.63) is 0 Å². The second kappa shape index (κ2) is 5.03. The van der Waals surface area contributed by atoms with Crippen LogP contribution in [-0.2, 0) is 4.79 Å². The first-order valence-corrected chi connectivity index (χ1v) is 3.40. The topological polar surface area (TPSA) is 89.3 Å². The first-order chi connectivity index (χ1) is 5.07. The van der Waals surface area contributed by atoms with Crippen LogP contribution < -0.4 is 11.5 Å². The van der Waals surface area contributed by atoms with Crippen molar-refractivity contribution in [3.8, 4) is 0 Å². The van der Waals surface area contributed by atoms with E-state index in [2.05, 4.69) is 0 Å². The lowest BCUT2D eigenvalue weighted by molar-refractivity contribution is -0.138. The highest BCUT2D eigenvalue weighted by Gasteiger charge is 2.13. The zero-order valence-corrected chi connectivity index (χ0v) is 6.16. The minimum absolute atomic E-state index is 0.0770. The normalized spacial score (nSPS) is 15.9. The molecule has 0 aromatic carbocycles. The Hall–Kier alpha value is -0.680. The maximum Gasteiger partial charge on any atom is 0.320 e. The number of rotatable bonds is 5. The van der Waals surface area contributed by atoms with Gasteiger partial charge < -0.3 is 16.6 Å². The van der Waals surface area contributed by atoms with E-state index in [1.807, 2.05) is 0 Å². The van der Waals surface area contributed by atoms with Gasteiger partial charge in [-0.1, -0.05) is 0 Å². The molecule has 0 aliphatic carbocycles. The van der Waals surface area contributed by atoms with Crippen molar-refractivity contribution in [2.45, 2.75) is 25.1 Å². The van der Waals surface area contributed by atoms with Gasteiger partial charge in [0.15, 0.2) is 0 Å². The third kappa shape index (κ3) is 4.69. The summed E-state index contributed by atoms with van der Waals surface area (Å²) in [5.41, 5.74) is 10.1. The Morgan fingerprint density at radius 2 is 2.09 bits per heavy atom. The van der Waals surface area contributed by atoms with Crippen molar-refractivity contribution < 1.29 is 14.3 Å². The van der Waals surface area contributed by atoms with Gasteiger partial charge in [-0.05, 0) is 12.8 Å². The second-order valence-electron chi connectivity index (χ2n) is 2.36. The Balaban J connectivity index is 3.45. The van der Waals surface area contributed by atoms with E-state index >= 15 is 0 Å². The van der Waals surface area contributed by atoms with Gasteiger partial charge in [-0.3, -0.25) is 4.79 Å². The predicted octanol–water partition coefficient (Wildman–Crippen LogP) is -0.525. The van der Waals surface area contributed by atoms with Crippen LogP contribution in [0, 0.1) is 0 Å². The molecule has 0 aromatic rings. The molecule has 4 nitrogen and oxygen atoms in total. The Bertz CT molecular complexity index is 132. The highest BCUT2D eigenvalue weighted by Crippen LogP contribution is 2.02. The molecule has 0 bridgehead atoms. The fourth-order valence-corrected chi connectivity index (χ4v) is 0.602. The van der Waals surface area contributed by atoms with E-state index in [9.17, 15) is 9.18 Å². The van der Waals surface area contributed by atoms with Gasteiger partial charge in [-0.25, -0.2) is 4.39 Å². The van der Waals surface area contributed by atoms with Gasteiger partial charge in [0, 0.05) is 6.54 Å². The van der Waals surface area contributed by atoms with E-state index in [0.717, 1.165) is 0 Å². The van der Waals surface area contributed by atoms with Gasteiger partial charge in [0.1, 0.15) is 12.2 Å². The van der Waals surface area contributed by atoms with Gasteiger partial charge in [-0.2, -0.15) is 0 Å². The van der Waals surface area contributed by atoms with Crippen LogP contribution in [0.2, 0.25) is 0 Å². The van der Waals surface area contributed by atoms with Crippen LogP contribution in [-0.4, -0.2) is 29.8 Å². The fourth-order valence-electron chi connectivity index (χ4n) is 0.602. The smallest absolute Gasteiger partial charge is 0.320 e. The van der Waals surface area contributed by atoms with E-state index in [-0.39, 0.29) is 19.4 Å². The molecule has 0 spiro atoms. The van der Waals surface area contributed by atoms with Gasteiger partial charge in [0.05, 0.1) is 0 Å².